The van der Waals surface area contributed by atoms with E-state index >= 15 is 0 Å². The van der Waals surface area contributed by atoms with Gasteiger partial charge in [-0.15, -0.1) is 0 Å². The zero-order chi connectivity index (χ0) is 14.3. The maximum absolute atomic E-state index is 12.3. The normalized spacial score (nSPS) is 13.5. The standard InChI is InChI=1S/C15H9NO4/c17-13-10-5-1-2-6-11(10)14(18)12(13)16-7-3-4-9(8-16)15(19)20/h1-8H,(H-,17,18,19,20). The van der Waals surface area contributed by atoms with E-state index in [1.165, 1.54) is 29.1 Å². The number of benzene rings is 1. The maximum atomic E-state index is 12.3. The van der Waals surface area contributed by atoms with Crippen LogP contribution in [0.1, 0.15) is 26.3 Å². The predicted octanol–water partition coefficient (Wildman–Crippen LogP) is 0.555. The number of aromatic carboxylic acids is 1. The van der Waals surface area contributed by atoms with Gasteiger partial charge >= 0.3 is 5.97 Å². The number of ketones is 1. The number of Topliss-reactive ketones (excluding diaryl/α,β-unsaturated/α-hetero) is 1. The minimum Gasteiger partial charge on any atom is -0.867 e. The summed E-state index contributed by atoms with van der Waals surface area (Å²) in [6.07, 6.45) is 2.75. The average molecular weight is 267 g/mol. The number of carbonyl (C=O) groups is 2. The van der Waals surface area contributed by atoms with E-state index in [0.29, 0.717) is 11.1 Å². The third-order valence-corrected chi connectivity index (χ3v) is 3.15. The van der Waals surface area contributed by atoms with Crippen LogP contribution in [0.15, 0.2) is 48.8 Å². The van der Waals surface area contributed by atoms with E-state index in [4.69, 9.17) is 5.11 Å². The van der Waals surface area contributed by atoms with Gasteiger partial charge in [0.2, 0.25) is 0 Å². The van der Waals surface area contributed by atoms with Crippen molar-refractivity contribution in [3.8, 4) is 0 Å². The Labute approximate surface area is 114 Å². The lowest BCUT2D eigenvalue weighted by molar-refractivity contribution is -0.578. The van der Waals surface area contributed by atoms with E-state index in [0.717, 1.165) is 0 Å². The van der Waals surface area contributed by atoms with E-state index in [1.807, 2.05) is 0 Å². The Kier molecular flexibility index (Phi) is 2.61. The summed E-state index contributed by atoms with van der Waals surface area (Å²) in [4.78, 5) is 23.2. The van der Waals surface area contributed by atoms with Crippen molar-refractivity contribution in [1.82, 2.24) is 0 Å². The molecule has 2 aromatic rings. The lowest BCUT2D eigenvalue weighted by Crippen LogP contribution is -2.37. The summed E-state index contributed by atoms with van der Waals surface area (Å²) in [6.45, 7) is 0. The summed E-state index contributed by atoms with van der Waals surface area (Å²) in [7, 11) is 0. The molecule has 5 nitrogen and oxygen atoms in total. The minimum absolute atomic E-state index is 0.0107. The number of hydrogen-bond acceptors (Lipinski definition) is 3. The highest BCUT2D eigenvalue weighted by atomic mass is 16.4. The molecule has 0 atom stereocenters. The van der Waals surface area contributed by atoms with Gasteiger partial charge in [-0.05, 0) is 17.4 Å². The van der Waals surface area contributed by atoms with Crippen molar-refractivity contribution >= 4 is 23.2 Å². The number of carboxylic acids is 1. The molecule has 20 heavy (non-hydrogen) atoms. The zero-order valence-corrected chi connectivity index (χ0v) is 10.2. The van der Waals surface area contributed by atoms with E-state index in [-0.39, 0.29) is 11.3 Å². The summed E-state index contributed by atoms with van der Waals surface area (Å²) >= 11 is 0. The lowest BCUT2D eigenvalue weighted by atomic mass is 10.1. The lowest BCUT2D eigenvalue weighted by Gasteiger charge is -2.06. The van der Waals surface area contributed by atoms with Crippen LogP contribution in [-0.4, -0.2) is 16.9 Å². The molecule has 0 radical (unpaired) electrons. The van der Waals surface area contributed by atoms with Gasteiger partial charge in [-0.3, -0.25) is 4.79 Å². The van der Waals surface area contributed by atoms with Crippen LogP contribution in [0, 0.1) is 0 Å². The maximum Gasteiger partial charge on any atom is 0.341 e. The van der Waals surface area contributed by atoms with Crippen molar-refractivity contribution in [3.05, 3.63) is 65.5 Å². The van der Waals surface area contributed by atoms with Crippen LogP contribution in [0.4, 0.5) is 0 Å². The molecule has 1 heterocycles. The molecule has 5 heteroatoms. The highest BCUT2D eigenvalue weighted by Gasteiger charge is 2.32. The highest BCUT2D eigenvalue weighted by molar-refractivity contribution is 6.32. The molecule has 1 aromatic heterocycles. The quantitative estimate of drug-likeness (QED) is 0.806. The molecular weight excluding hydrogens is 258 g/mol. The van der Waals surface area contributed by atoms with Crippen LogP contribution in [-0.2, 0) is 0 Å². The minimum atomic E-state index is -1.12. The largest absolute Gasteiger partial charge is 0.867 e. The van der Waals surface area contributed by atoms with Crippen molar-refractivity contribution < 1.29 is 24.4 Å². The fourth-order valence-electron chi connectivity index (χ4n) is 2.21. The van der Waals surface area contributed by atoms with Crippen molar-refractivity contribution in [2.75, 3.05) is 0 Å². The topological polar surface area (TPSA) is 81.3 Å². The molecule has 0 spiro atoms. The fourth-order valence-corrected chi connectivity index (χ4v) is 2.21. The van der Waals surface area contributed by atoms with Crippen LogP contribution in [0.3, 0.4) is 0 Å². The fraction of sp³-hybridized carbons (Fsp3) is 0. The summed E-state index contributed by atoms with van der Waals surface area (Å²) in [6, 6.07) is 9.43. The van der Waals surface area contributed by atoms with E-state index < -0.39 is 17.5 Å². The number of pyridine rings is 1. The van der Waals surface area contributed by atoms with Gasteiger partial charge in [-0.25, -0.2) is 4.79 Å². The van der Waals surface area contributed by atoms with Crippen LogP contribution >= 0.6 is 0 Å². The van der Waals surface area contributed by atoms with Crippen LogP contribution in [0.2, 0.25) is 0 Å². The van der Waals surface area contributed by atoms with Gasteiger partial charge in [0.15, 0.2) is 12.4 Å². The van der Waals surface area contributed by atoms with Crippen molar-refractivity contribution in [2.45, 2.75) is 0 Å². The zero-order valence-electron chi connectivity index (χ0n) is 10.2. The third kappa shape index (κ3) is 1.68. The Morgan fingerprint density at radius 1 is 1.10 bits per heavy atom. The molecule has 0 aliphatic heterocycles. The second-order valence-electron chi connectivity index (χ2n) is 4.36. The Morgan fingerprint density at radius 3 is 2.45 bits per heavy atom. The first-order chi connectivity index (χ1) is 9.59. The molecule has 98 valence electrons. The van der Waals surface area contributed by atoms with Gasteiger partial charge in [-0.2, -0.15) is 4.57 Å². The molecule has 0 saturated heterocycles. The number of hydrogen-bond donors (Lipinski definition) is 1. The van der Waals surface area contributed by atoms with Crippen molar-refractivity contribution in [1.29, 1.82) is 0 Å². The molecule has 1 aliphatic rings. The first-order valence-electron chi connectivity index (χ1n) is 5.90. The van der Waals surface area contributed by atoms with Gasteiger partial charge < -0.3 is 10.2 Å². The van der Waals surface area contributed by atoms with Gasteiger partial charge in [0, 0.05) is 11.6 Å². The van der Waals surface area contributed by atoms with Gasteiger partial charge in [0.1, 0.15) is 5.56 Å². The number of rotatable bonds is 2. The summed E-state index contributed by atoms with van der Waals surface area (Å²) in [5, 5.41) is 21.2. The Bertz CT molecular complexity index is 777. The van der Waals surface area contributed by atoms with Crippen LogP contribution < -0.4 is 9.67 Å². The smallest absolute Gasteiger partial charge is 0.341 e. The SMILES string of the molecule is O=C(O)c1ccc[n+](C2=C([O-])c3ccccc3C2=O)c1. The molecule has 0 fully saturated rings. The summed E-state index contributed by atoms with van der Waals surface area (Å²) in [5.74, 6) is -1.90. The summed E-state index contributed by atoms with van der Waals surface area (Å²) < 4.78 is 1.27. The van der Waals surface area contributed by atoms with E-state index in [2.05, 4.69) is 0 Å². The Balaban J connectivity index is 2.17. The monoisotopic (exact) mass is 267 g/mol. The highest BCUT2D eigenvalue weighted by Crippen LogP contribution is 2.28. The molecule has 3 rings (SSSR count). The van der Waals surface area contributed by atoms with E-state index in [9.17, 15) is 14.7 Å². The molecule has 0 saturated carbocycles. The first-order valence-corrected chi connectivity index (χ1v) is 5.90. The molecule has 0 amide bonds. The number of carbonyl (C=O) groups excluding carboxylic acids is 1. The van der Waals surface area contributed by atoms with Crippen LogP contribution in [0.25, 0.3) is 11.5 Å². The first kappa shape index (κ1) is 12.1. The Morgan fingerprint density at radius 2 is 1.80 bits per heavy atom. The number of fused-ring (bicyclic) bond motifs is 1. The number of allylic oxidation sites excluding steroid dienone is 1. The molecule has 1 N–H and O–H groups in total. The number of carboxylic acid groups (broad SMARTS) is 1. The predicted molar refractivity (Wildman–Crippen MR) is 67.5 cm³/mol. The number of nitrogens with zero attached hydrogens (tertiary/aromatic N) is 1. The third-order valence-electron chi connectivity index (χ3n) is 3.15. The Hall–Kier alpha value is -2.95. The van der Waals surface area contributed by atoms with Crippen molar-refractivity contribution in [2.24, 2.45) is 0 Å². The molecule has 0 bridgehead atoms. The van der Waals surface area contributed by atoms with Crippen LogP contribution in [0.5, 0.6) is 0 Å². The molecule has 1 aliphatic carbocycles. The average Bonchev–Trinajstić information content (AvgIpc) is 2.72. The van der Waals surface area contributed by atoms with Gasteiger partial charge in [0.25, 0.3) is 11.5 Å². The number of aromatic nitrogens is 1. The molecular formula is C15H9NO4. The second kappa shape index (κ2) is 4.31. The van der Waals surface area contributed by atoms with Crippen molar-refractivity contribution in [3.63, 3.8) is 0 Å². The summed E-state index contributed by atoms with van der Waals surface area (Å²) in [5.41, 5.74) is 0.660. The molecule has 1 aromatic carbocycles. The molecule has 0 unspecified atom stereocenters. The van der Waals surface area contributed by atoms with Gasteiger partial charge in [0.05, 0.1) is 0 Å². The second-order valence-corrected chi connectivity index (χ2v) is 4.36. The van der Waals surface area contributed by atoms with E-state index in [1.54, 1.807) is 24.3 Å². The van der Waals surface area contributed by atoms with Gasteiger partial charge in [-0.1, -0.05) is 24.3 Å².